The molecule has 0 heterocycles. The van der Waals surface area contributed by atoms with Gasteiger partial charge in [-0.05, 0) is 24.6 Å². The molecule has 1 rings (SSSR count). The van der Waals surface area contributed by atoms with Crippen molar-refractivity contribution in [2.24, 2.45) is 0 Å². The zero-order chi connectivity index (χ0) is 11.1. The van der Waals surface area contributed by atoms with Crippen LogP contribution < -0.4 is 4.52 Å². The predicted molar refractivity (Wildman–Crippen MR) is 57.4 cm³/mol. The van der Waals surface area contributed by atoms with Gasteiger partial charge in [-0.3, -0.25) is 4.89 Å². The summed E-state index contributed by atoms with van der Waals surface area (Å²) in [6.45, 7) is 1.89. The highest BCUT2D eigenvalue weighted by Crippen LogP contribution is 2.43. The van der Waals surface area contributed by atoms with E-state index < -0.39 is 7.82 Å². The van der Waals surface area contributed by atoms with Gasteiger partial charge >= 0.3 is 7.82 Å². The molecule has 15 heavy (non-hydrogen) atoms. The summed E-state index contributed by atoms with van der Waals surface area (Å²) in [5.74, 6) is 0.299. The smallest absolute Gasteiger partial charge is 0.403 e. The molecular formula is C10H13O4P. The van der Waals surface area contributed by atoms with E-state index in [1.165, 1.54) is 6.26 Å². The lowest BCUT2D eigenvalue weighted by Gasteiger charge is -2.10. The van der Waals surface area contributed by atoms with Gasteiger partial charge in [-0.2, -0.15) is 0 Å². The van der Waals surface area contributed by atoms with E-state index in [0.29, 0.717) is 5.75 Å². The Bertz CT molecular complexity index is 361. The molecule has 1 unspecified atom stereocenters. The van der Waals surface area contributed by atoms with Crippen molar-refractivity contribution >= 4 is 7.82 Å². The highest BCUT2D eigenvalue weighted by atomic mass is 31.2. The van der Waals surface area contributed by atoms with Crippen molar-refractivity contribution in [3.05, 3.63) is 42.7 Å². The average Bonchev–Trinajstić information content (AvgIpc) is 2.18. The van der Waals surface area contributed by atoms with Crippen LogP contribution in [0.4, 0.5) is 0 Å². The van der Waals surface area contributed by atoms with E-state index in [1.807, 2.05) is 6.92 Å². The van der Waals surface area contributed by atoms with E-state index in [-0.39, 0.29) is 0 Å². The van der Waals surface area contributed by atoms with Crippen LogP contribution in [0.1, 0.15) is 13.3 Å². The molecule has 0 saturated carbocycles. The SMILES string of the molecule is CCC=COP(=O)(O)Oc1ccccc1. The van der Waals surface area contributed by atoms with E-state index in [0.717, 1.165) is 6.42 Å². The first kappa shape index (κ1) is 11.8. The van der Waals surface area contributed by atoms with Crippen LogP contribution in [0.5, 0.6) is 5.75 Å². The fourth-order valence-corrected chi connectivity index (χ4v) is 1.52. The van der Waals surface area contributed by atoms with Gasteiger partial charge in [0, 0.05) is 0 Å². The summed E-state index contributed by atoms with van der Waals surface area (Å²) in [6.07, 6.45) is 3.52. The van der Waals surface area contributed by atoms with Crippen molar-refractivity contribution in [2.45, 2.75) is 13.3 Å². The number of benzene rings is 1. The van der Waals surface area contributed by atoms with E-state index in [1.54, 1.807) is 36.4 Å². The van der Waals surface area contributed by atoms with Gasteiger partial charge in [0.25, 0.3) is 0 Å². The third-order valence-corrected chi connectivity index (χ3v) is 2.32. The second-order valence-electron chi connectivity index (χ2n) is 2.76. The quantitative estimate of drug-likeness (QED) is 0.621. The van der Waals surface area contributed by atoms with Gasteiger partial charge in [0.1, 0.15) is 5.75 Å². The van der Waals surface area contributed by atoms with Gasteiger partial charge in [-0.15, -0.1) is 0 Å². The van der Waals surface area contributed by atoms with Gasteiger partial charge in [0.2, 0.25) is 0 Å². The second kappa shape index (κ2) is 5.59. The van der Waals surface area contributed by atoms with Crippen LogP contribution in [-0.4, -0.2) is 4.89 Å². The van der Waals surface area contributed by atoms with Crippen molar-refractivity contribution < 1.29 is 18.5 Å². The Balaban J connectivity index is 2.57. The molecule has 0 radical (unpaired) electrons. The van der Waals surface area contributed by atoms with Crippen molar-refractivity contribution in [3.8, 4) is 5.75 Å². The summed E-state index contributed by atoms with van der Waals surface area (Å²) < 4.78 is 20.7. The van der Waals surface area contributed by atoms with Crippen molar-refractivity contribution in [1.82, 2.24) is 0 Å². The van der Waals surface area contributed by atoms with Crippen LogP contribution in [0.25, 0.3) is 0 Å². The first-order valence-electron chi connectivity index (χ1n) is 4.55. The summed E-state index contributed by atoms with van der Waals surface area (Å²) in [7, 11) is -4.03. The lowest BCUT2D eigenvalue weighted by atomic mass is 10.3. The van der Waals surface area contributed by atoms with Gasteiger partial charge in [0.15, 0.2) is 0 Å². The molecule has 0 saturated heterocycles. The number of hydrogen-bond donors (Lipinski definition) is 1. The minimum atomic E-state index is -4.03. The molecule has 0 aliphatic heterocycles. The van der Waals surface area contributed by atoms with Crippen molar-refractivity contribution in [2.75, 3.05) is 0 Å². The fourth-order valence-electron chi connectivity index (χ4n) is 0.852. The Morgan fingerprint density at radius 3 is 2.67 bits per heavy atom. The number of phosphoric acid groups is 1. The highest BCUT2D eigenvalue weighted by Gasteiger charge is 2.22. The maximum Gasteiger partial charge on any atom is 0.584 e. The van der Waals surface area contributed by atoms with Gasteiger partial charge in [0.05, 0.1) is 6.26 Å². The van der Waals surface area contributed by atoms with E-state index >= 15 is 0 Å². The van der Waals surface area contributed by atoms with Crippen LogP contribution in [0, 0.1) is 0 Å². The van der Waals surface area contributed by atoms with Gasteiger partial charge in [-0.1, -0.05) is 25.1 Å². The van der Waals surface area contributed by atoms with Crippen LogP contribution in [-0.2, 0) is 9.09 Å². The molecule has 1 aromatic rings. The zero-order valence-corrected chi connectivity index (χ0v) is 9.26. The zero-order valence-electron chi connectivity index (χ0n) is 8.37. The maximum absolute atomic E-state index is 11.3. The minimum Gasteiger partial charge on any atom is -0.403 e. The first-order chi connectivity index (χ1) is 7.14. The molecular weight excluding hydrogens is 215 g/mol. The molecule has 1 aromatic carbocycles. The molecule has 0 amide bonds. The topological polar surface area (TPSA) is 55.8 Å². The lowest BCUT2D eigenvalue weighted by Crippen LogP contribution is -1.92. The largest absolute Gasteiger partial charge is 0.584 e. The first-order valence-corrected chi connectivity index (χ1v) is 6.04. The molecule has 1 N–H and O–H groups in total. The fraction of sp³-hybridized carbons (Fsp3) is 0.200. The number of phosphoric ester groups is 1. The van der Waals surface area contributed by atoms with E-state index in [9.17, 15) is 9.46 Å². The Morgan fingerprint density at radius 2 is 2.07 bits per heavy atom. The van der Waals surface area contributed by atoms with Gasteiger partial charge in [-0.25, -0.2) is 4.57 Å². The third kappa shape index (κ3) is 4.68. The molecule has 4 nitrogen and oxygen atoms in total. The second-order valence-corrected chi connectivity index (χ2v) is 4.09. The molecule has 0 spiro atoms. The van der Waals surface area contributed by atoms with E-state index in [4.69, 9.17) is 4.52 Å². The highest BCUT2D eigenvalue weighted by molar-refractivity contribution is 7.47. The van der Waals surface area contributed by atoms with Crippen LogP contribution in [0.15, 0.2) is 42.7 Å². The lowest BCUT2D eigenvalue weighted by molar-refractivity contribution is 0.266. The van der Waals surface area contributed by atoms with Crippen molar-refractivity contribution in [1.29, 1.82) is 0 Å². The molecule has 0 bridgehead atoms. The Hall–Kier alpha value is -1.25. The monoisotopic (exact) mass is 228 g/mol. The number of rotatable bonds is 5. The Labute approximate surface area is 88.8 Å². The average molecular weight is 228 g/mol. The normalized spacial score (nSPS) is 14.8. The van der Waals surface area contributed by atoms with Crippen LogP contribution in [0.2, 0.25) is 0 Å². The molecule has 0 aliphatic carbocycles. The standard InChI is InChI=1S/C10H13O4P/c1-2-3-9-13-15(11,12)14-10-7-5-4-6-8-10/h3-9H,2H2,1H3,(H,11,12). The summed E-state index contributed by atoms with van der Waals surface area (Å²) in [4.78, 5) is 9.25. The molecule has 0 fully saturated rings. The summed E-state index contributed by atoms with van der Waals surface area (Å²) in [5, 5.41) is 0. The molecule has 82 valence electrons. The summed E-state index contributed by atoms with van der Waals surface area (Å²) in [5.41, 5.74) is 0. The minimum absolute atomic E-state index is 0.299. The van der Waals surface area contributed by atoms with E-state index in [2.05, 4.69) is 4.52 Å². The van der Waals surface area contributed by atoms with Crippen molar-refractivity contribution in [3.63, 3.8) is 0 Å². The van der Waals surface area contributed by atoms with Crippen LogP contribution >= 0.6 is 7.82 Å². The Kier molecular flexibility index (Phi) is 4.40. The molecule has 0 aromatic heterocycles. The Morgan fingerprint density at radius 1 is 1.40 bits per heavy atom. The molecule has 0 aliphatic rings. The number of para-hydroxylation sites is 1. The summed E-state index contributed by atoms with van der Waals surface area (Å²) in [6, 6.07) is 8.35. The third-order valence-electron chi connectivity index (χ3n) is 1.49. The number of allylic oxidation sites excluding steroid dienone is 1. The summed E-state index contributed by atoms with van der Waals surface area (Å²) >= 11 is 0. The molecule has 1 atom stereocenters. The predicted octanol–water partition coefficient (Wildman–Crippen LogP) is 3.11. The van der Waals surface area contributed by atoms with Gasteiger partial charge < -0.3 is 9.05 Å². The number of hydrogen-bond acceptors (Lipinski definition) is 3. The van der Waals surface area contributed by atoms with Crippen LogP contribution in [0.3, 0.4) is 0 Å². The molecule has 5 heteroatoms. The maximum atomic E-state index is 11.3.